The summed E-state index contributed by atoms with van der Waals surface area (Å²) in [5, 5.41) is 54.5. The lowest BCUT2D eigenvalue weighted by molar-refractivity contribution is -0.302. The molecular weight excluding hydrogens is 923 g/mol. The van der Waals surface area contributed by atoms with Crippen molar-refractivity contribution in [1.82, 2.24) is 5.32 Å². The predicted molar refractivity (Wildman–Crippen MR) is 313 cm³/mol. The van der Waals surface area contributed by atoms with Crippen LogP contribution in [0, 0.1) is 0 Å². The molecule has 0 aromatic carbocycles. The first kappa shape index (κ1) is 69.9. The van der Waals surface area contributed by atoms with Crippen LogP contribution in [0.1, 0.15) is 290 Å². The summed E-state index contributed by atoms with van der Waals surface area (Å²) in [7, 11) is 0. The second-order valence-electron chi connectivity index (χ2n) is 21.8. The molecule has 6 N–H and O–H groups in total. The third kappa shape index (κ3) is 42.9. The molecule has 1 amide bonds. The number of carbonyl (C=O) groups is 1. The average Bonchev–Trinajstić information content (AvgIpc) is 3.40. The molecule has 0 radical (unpaired) electrons. The minimum absolute atomic E-state index is 0.189. The number of aliphatic hydroxyl groups excluding tert-OH is 5. The molecule has 1 fully saturated rings. The zero-order chi connectivity index (χ0) is 53.6. The summed E-state index contributed by atoms with van der Waals surface area (Å²) in [4.78, 5) is 13.1. The predicted octanol–water partition coefficient (Wildman–Crippen LogP) is 16.2. The minimum atomic E-state index is -1.58. The number of rotatable bonds is 54. The van der Waals surface area contributed by atoms with Crippen molar-refractivity contribution in [2.75, 3.05) is 13.2 Å². The molecule has 1 aliphatic heterocycles. The maximum absolute atomic E-state index is 13.1. The molecule has 0 aliphatic carbocycles. The number of unbranched alkanes of at least 4 members (excludes halogenated alkanes) is 36. The first-order chi connectivity index (χ1) is 36.3. The van der Waals surface area contributed by atoms with Crippen molar-refractivity contribution in [3.05, 3.63) is 60.8 Å². The van der Waals surface area contributed by atoms with E-state index in [0.29, 0.717) is 6.42 Å². The van der Waals surface area contributed by atoms with Crippen LogP contribution in [0.4, 0.5) is 0 Å². The minimum Gasteiger partial charge on any atom is -0.394 e. The third-order valence-electron chi connectivity index (χ3n) is 14.8. The fraction of sp³-hybridized carbons (Fsp3) is 0.831. The lowest BCUT2D eigenvalue weighted by atomic mass is 9.99. The van der Waals surface area contributed by atoms with Gasteiger partial charge in [0.15, 0.2) is 6.29 Å². The lowest BCUT2D eigenvalue weighted by Crippen LogP contribution is -2.60. The van der Waals surface area contributed by atoms with Crippen LogP contribution in [0.25, 0.3) is 0 Å². The molecule has 0 spiro atoms. The van der Waals surface area contributed by atoms with Crippen LogP contribution in [0.15, 0.2) is 60.8 Å². The van der Waals surface area contributed by atoms with Crippen LogP contribution in [0.2, 0.25) is 0 Å². The molecule has 1 aliphatic rings. The van der Waals surface area contributed by atoms with Gasteiger partial charge in [0.2, 0.25) is 5.91 Å². The molecule has 0 bridgehead atoms. The molecule has 7 atom stereocenters. The monoisotopic (exact) mass is 1040 g/mol. The van der Waals surface area contributed by atoms with E-state index >= 15 is 0 Å². The Morgan fingerprint density at radius 2 is 0.811 bits per heavy atom. The molecule has 0 aromatic rings. The molecule has 74 heavy (non-hydrogen) atoms. The molecule has 0 saturated carbocycles. The Morgan fingerprint density at radius 3 is 1.22 bits per heavy atom. The van der Waals surface area contributed by atoms with E-state index < -0.39 is 49.5 Å². The Kier molecular flexibility index (Phi) is 51.3. The Bertz CT molecular complexity index is 1350. The van der Waals surface area contributed by atoms with Crippen LogP contribution in [0.5, 0.6) is 0 Å². The standard InChI is InChI=1S/C65H119NO8/c1-3-5-7-9-11-13-15-17-19-21-23-24-25-26-27-28-29-30-31-32-33-34-35-36-37-39-41-43-45-47-49-51-53-55-61(69)66-58(57-73-65-64(72)63(71)62(70)60(56-67)74-65)59(68)54-52-50-48-46-44-42-40-38-22-20-18-16-14-12-10-8-6-4-2/h22-24,26-27,38,44,46,52,54,58-60,62-65,67-68,70-72H,3-21,25,28-37,39-43,45,47-51,53,55-57H2,1-2H3,(H,66,69)/b24-23-,27-26-,38-22+,46-44+,54-52+. The highest BCUT2D eigenvalue weighted by Gasteiger charge is 2.44. The zero-order valence-electron chi connectivity index (χ0n) is 48.1. The van der Waals surface area contributed by atoms with E-state index in [4.69, 9.17) is 9.47 Å². The van der Waals surface area contributed by atoms with Gasteiger partial charge in [0.25, 0.3) is 0 Å². The Labute approximate surface area is 456 Å². The molecule has 9 nitrogen and oxygen atoms in total. The van der Waals surface area contributed by atoms with Gasteiger partial charge in [0.05, 0.1) is 25.4 Å². The second kappa shape index (κ2) is 54.3. The summed E-state index contributed by atoms with van der Waals surface area (Å²) >= 11 is 0. The highest BCUT2D eigenvalue weighted by Crippen LogP contribution is 2.23. The van der Waals surface area contributed by atoms with Gasteiger partial charge in [-0.05, 0) is 77.0 Å². The number of carbonyl (C=O) groups excluding carboxylic acids is 1. The molecule has 9 heteroatoms. The van der Waals surface area contributed by atoms with Gasteiger partial charge in [-0.25, -0.2) is 0 Å². The van der Waals surface area contributed by atoms with E-state index in [1.165, 1.54) is 218 Å². The van der Waals surface area contributed by atoms with E-state index in [1.807, 2.05) is 6.08 Å². The summed E-state index contributed by atoms with van der Waals surface area (Å²) in [5.41, 5.74) is 0. The van der Waals surface area contributed by atoms with Gasteiger partial charge >= 0.3 is 0 Å². The van der Waals surface area contributed by atoms with Crippen molar-refractivity contribution in [3.8, 4) is 0 Å². The van der Waals surface area contributed by atoms with Crippen molar-refractivity contribution in [1.29, 1.82) is 0 Å². The van der Waals surface area contributed by atoms with Gasteiger partial charge in [-0.15, -0.1) is 0 Å². The number of nitrogens with one attached hydrogen (secondary N) is 1. The normalized spacial score (nSPS) is 19.4. The van der Waals surface area contributed by atoms with Crippen molar-refractivity contribution >= 4 is 5.91 Å². The van der Waals surface area contributed by atoms with Gasteiger partial charge < -0.3 is 40.3 Å². The highest BCUT2D eigenvalue weighted by molar-refractivity contribution is 5.76. The molecule has 7 unspecified atom stereocenters. The van der Waals surface area contributed by atoms with Crippen LogP contribution in [0.3, 0.4) is 0 Å². The number of ether oxygens (including phenoxy) is 2. The summed E-state index contributed by atoms with van der Waals surface area (Å²) in [6.07, 6.45) is 67.4. The quantitative estimate of drug-likeness (QED) is 0.0261. The smallest absolute Gasteiger partial charge is 0.220 e. The van der Waals surface area contributed by atoms with Gasteiger partial charge in [-0.3, -0.25) is 4.79 Å². The summed E-state index contributed by atoms with van der Waals surface area (Å²) < 4.78 is 11.3. The lowest BCUT2D eigenvalue weighted by Gasteiger charge is -2.40. The van der Waals surface area contributed by atoms with E-state index in [1.54, 1.807) is 6.08 Å². The number of hydrogen-bond acceptors (Lipinski definition) is 8. The van der Waals surface area contributed by atoms with Crippen molar-refractivity contribution in [2.24, 2.45) is 0 Å². The molecule has 0 aromatic heterocycles. The fourth-order valence-electron chi connectivity index (χ4n) is 9.81. The SMILES string of the molecule is CCCCCCCCCC/C=C/CC/C=C/CC/C=C/C(O)C(COC1OC(CO)C(O)C(O)C1O)NC(=O)CCCCCCCCCCCCCCCCCCC/C=C\C/C=C\CCCCCCCCCCC. The molecule has 1 heterocycles. The number of amides is 1. The van der Waals surface area contributed by atoms with Gasteiger partial charge in [0, 0.05) is 6.42 Å². The van der Waals surface area contributed by atoms with Crippen molar-refractivity contribution in [2.45, 2.75) is 333 Å². The Morgan fingerprint density at radius 1 is 0.459 bits per heavy atom. The van der Waals surface area contributed by atoms with E-state index in [2.05, 4.69) is 67.8 Å². The fourth-order valence-corrected chi connectivity index (χ4v) is 9.81. The molecule has 1 rings (SSSR count). The Balaban J connectivity index is 2.16. The van der Waals surface area contributed by atoms with Crippen molar-refractivity contribution in [3.63, 3.8) is 0 Å². The van der Waals surface area contributed by atoms with Gasteiger partial charge in [0.1, 0.15) is 24.4 Å². The molecule has 432 valence electrons. The van der Waals surface area contributed by atoms with E-state index in [9.17, 15) is 30.3 Å². The first-order valence-corrected chi connectivity index (χ1v) is 31.5. The number of aliphatic hydroxyl groups is 5. The topological polar surface area (TPSA) is 149 Å². The van der Waals surface area contributed by atoms with Gasteiger partial charge in [-0.2, -0.15) is 0 Å². The summed E-state index contributed by atoms with van der Waals surface area (Å²) in [6.45, 7) is 3.77. The maximum atomic E-state index is 13.1. The molecule has 1 saturated heterocycles. The Hall–Kier alpha value is -2.11. The van der Waals surface area contributed by atoms with Crippen LogP contribution >= 0.6 is 0 Å². The van der Waals surface area contributed by atoms with Gasteiger partial charge in [-0.1, -0.05) is 267 Å². The largest absolute Gasteiger partial charge is 0.394 e. The average molecular weight is 1040 g/mol. The maximum Gasteiger partial charge on any atom is 0.220 e. The third-order valence-corrected chi connectivity index (χ3v) is 14.8. The number of hydrogen-bond donors (Lipinski definition) is 6. The van der Waals surface area contributed by atoms with Crippen LogP contribution in [-0.4, -0.2) is 87.5 Å². The second-order valence-corrected chi connectivity index (χ2v) is 21.8. The summed E-state index contributed by atoms with van der Waals surface area (Å²) in [5.74, 6) is -0.189. The zero-order valence-corrected chi connectivity index (χ0v) is 48.1. The van der Waals surface area contributed by atoms with Crippen LogP contribution < -0.4 is 5.32 Å². The highest BCUT2D eigenvalue weighted by atomic mass is 16.7. The van der Waals surface area contributed by atoms with Crippen molar-refractivity contribution < 1.29 is 39.8 Å². The van der Waals surface area contributed by atoms with Crippen LogP contribution in [-0.2, 0) is 14.3 Å². The van der Waals surface area contributed by atoms with E-state index in [0.717, 1.165) is 51.4 Å². The number of allylic oxidation sites excluding steroid dienone is 9. The molecular formula is C65H119NO8. The first-order valence-electron chi connectivity index (χ1n) is 31.5. The summed E-state index contributed by atoms with van der Waals surface area (Å²) in [6, 6.07) is -0.830. The van der Waals surface area contributed by atoms with E-state index in [-0.39, 0.29) is 12.5 Å².